The van der Waals surface area contributed by atoms with E-state index >= 15 is 0 Å². The monoisotopic (exact) mass is 328 g/mol. The molecule has 1 saturated carbocycles. The Morgan fingerprint density at radius 3 is 2.38 bits per heavy atom. The van der Waals surface area contributed by atoms with Gasteiger partial charge in [-0.1, -0.05) is 31.4 Å². The molecule has 3 fully saturated rings. The highest BCUT2D eigenvalue weighted by Crippen LogP contribution is 2.29. The summed E-state index contributed by atoms with van der Waals surface area (Å²) < 4.78 is 6.28. The maximum absolute atomic E-state index is 6.28. The molecule has 0 amide bonds. The maximum Gasteiger partial charge on any atom is 0.119 e. The summed E-state index contributed by atoms with van der Waals surface area (Å²) in [5, 5.41) is 3.45. The molecule has 0 radical (unpaired) electrons. The van der Waals surface area contributed by atoms with Gasteiger partial charge < -0.3 is 10.1 Å². The molecule has 0 spiro atoms. The number of ether oxygens (including phenoxy) is 1. The number of rotatable bonds is 4. The third kappa shape index (κ3) is 3.94. The fourth-order valence-electron chi connectivity index (χ4n) is 4.79. The van der Waals surface area contributed by atoms with Crippen molar-refractivity contribution >= 4 is 0 Å². The summed E-state index contributed by atoms with van der Waals surface area (Å²) in [6.07, 6.45) is 11.2. The van der Waals surface area contributed by atoms with E-state index in [0.717, 1.165) is 37.3 Å². The fourth-order valence-corrected chi connectivity index (χ4v) is 4.79. The molecule has 2 saturated heterocycles. The van der Waals surface area contributed by atoms with Crippen molar-refractivity contribution in [3.63, 3.8) is 0 Å². The van der Waals surface area contributed by atoms with E-state index in [1.165, 1.54) is 63.5 Å². The standard InChI is InChI=1S/C21H32N2O/c1-2-4-19(5-3-1)23-15-12-21(16-23)24-20-8-6-17(7-9-20)18-10-13-22-14-11-18/h6-9,18-19,21-22H,1-5,10-16H2/t21-/m0/s1. The van der Waals surface area contributed by atoms with Gasteiger partial charge in [0.1, 0.15) is 11.9 Å². The number of benzene rings is 1. The van der Waals surface area contributed by atoms with Crippen molar-refractivity contribution in [1.82, 2.24) is 10.2 Å². The Morgan fingerprint density at radius 2 is 1.62 bits per heavy atom. The quantitative estimate of drug-likeness (QED) is 0.906. The Hall–Kier alpha value is -1.06. The highest BCUT2D eigenvalue weighted by molar-refractivity contribution is 5.30. The minimum absolute atomic E-state index is 0.386. The fraction of sp³-hybridized carbons (Fsp3) is 0.714. The summed E-state index contributed by atoms with van der Waals surface area (Å²) in [6.45, 7) is 4.66. The molecule has 2 heterocycles. The van der Waals surface area contributed by atoms with Crippen LogP contribution >= 0.6 is 0 Å². The molecule has 1 N–H and O–H groups in total. The average molecular weight is 329 g/mol. The molecule has 3 aliphatic rings. The van der Waals surface area contributed by atoms with Gasteiger partial charge in [-0.25, -0.2) is 0 Å². The summed E-state index contributed by atoms with van der Waals surface area (Å²) >= 11 is 0. The molecule has 0 aromatic heterocycles. The van der Waals surface area contributed by atoms with E-state index in [4.69, 9.17) is 4.74 Å². The lowest BCUT2D eigenvalue weighted by Crippen LogP contribution is -2.36. The number of piperidine rings is 1. The Balaban J connectivity index is 1.29. The summed E-state index contributed by atoms with van der Waals surface area (Å²) in [7, 11) is 0. The van der Waals surface area contributed by atoms with Crippen molar-refractivity contribution in [3.8, 4) is 5.75 Å². The second-order valence-corrected chi connectivity index (χ2v) is 7.91. The van der Waals surface area contributed by atoms with Crippen molar-refractivity contribution in [2.24, 2.45) is 0 Å². The first-order valence-corrected chi connectivity index (χ1v) is 10.1. The number of nitrogens with one attached hydrogen (secondary N) is 1. The smallest absolute Gasteiger partial charge is 0.119 e. The van der Waals surface area contributed by atoms with Crippen molar-refractivity contribution < 1.29 is 4.74 Å². The van der Waals surface area contributed by atoms with Crippen LogP contribution in [0.1, 0.15) is 62.8 Å². The lowest BCUT2D eigenvalue weighted by Gasteiger charge is -2.30. The number of nitrogens with zero attached hydrogens (tertiary/aromatic N) is 1. The zero-order chi connectivity index (χ0) is 16.2. The van der Waals surface area contributed by atoms with Crippen LogP contribution in [0.5, 0.6) is 5.75 Å². The van der Waals surface area contributed by atoms with Crippen LogP contribution in [-0.2, 0) is 0 Å². The zero-order valence-electron chi connectivity index (χ0n) is 14.9. The topological polar surface area (TPSA) is 24.5 Å². The Bertz CT molecular complexity index is 503. The SMILES string of the molecule is c1cc(C2CCNCC2)ccc1O[C@H]1CCN(C2CCCCC2)C1. The summed E-state index contributed by atoms with van der Waals surface area (Å²) in [5.74, 6) is 1.79. The van der Waals surface area contributed by atoms with Gasteiger partial charge in [0, 0.05) is 19.1 Å². The largest absolute Gasteiger partial charge is 0.489 e. The third-order valence-electron chi connectivity index (χ3n) is 6.26. The van der Waals surface area contributed by atoms with Gasteiger partial charge in [0.15, 0.2) is 0 Å². The molecule has 1 aromatic rings. The average Bonchev–Trinajstić information content (AvgIpc) is 3.12. The second-order valence-electron chi connectivity index (χ2n) is 7.91. The molecule has 1 aliphatic carbocycles. The highest BCUT2D eigenvalue weighted by Gasteiger charge is 2.30. The zero-order valence-corrected chi connectivity index (χ0v) is 14.9. The van der Waals surface area contributed by atoms with Gasteiger partial charge in [0.2, 0.25) is 0 Å². The predicted molar refractivity (Wildman–Crippen MR) is 98.8 cm³/mol. The molecule has 132 valence electrons. The molecule has 3 heteroatoms. The Kier molecular flexibility index (Phi) is 5.39. The van der Waals surface area contributed by atoms with Gasteiger partial charge in [-0.3, -0.25) is 4.90 Å². The van der Waals surface area contributed by atoms with Crippen LogP contribution in [-0.4, -0.2) is 43.2 Å². The lowest BCUT2D eigenvalue weighted by molar-refractivity contribution is 0.155. The van der Waals surface area contributed by atoms with Crippen molar-refractivity contribution in [3.05, 3.63) is 29.8 Å². The summed E-state index contributed by atoms with van der Waals surface area (Å²) in [4.78, 5) is 2.69. The van der Waals surface area contributed by atoms with E-state index in [-0.39, 0.29) is 0 Å². The first-order chi connectivity index (χ1) is 11.9. The van der Waals surface area contributed by atoms with Crippen molar-refractivity contribution in [1.29, 1.82) is 0 Å². The third-order valence-corrected chi connectivity index (χ3v) is 6.26. The van der Waals surface area contributed by atoms with E-state index in [0.29, 0.717) is 6.10 Å². The molecular weight excluding hydrogens is 296 g/mol. The number of hydrogen-bond donors (Lipinski definition) is 1. The molecule has 0 bridgehead atoms. The normalized spacial score (nSPS) is 27.4. The Labute approximate surface area is 146 Å². The van der Waals surface area contributed by atoms with E-state index in [1.54, 1.807) is 0 Å². The van der Waals surface area contributed by atoms with Crippen molar-refractivity contribution in [2.45, 2.75) is 69.4 Å². The number of hydrogen-bond acceptors (Lipinski definition) is 3. The van der Waals surface area contributed by atoms with Crippen LogP contribution in [0.15, 0.2) is 24.3 Å². The lowest BCUT2D eigenvalue weighted by atomic mass is 9.90. The minimum atomic E-state index is 0.386. The second kappa shape index (κ2) is 7.88. The first kappa shape index (κ1) is 16.4. The molecule has 2 aliphatic heterocycles. The summed E-state index contributed by atoms with van der Waals surface area (Å²) in [6, 6.07) is 9.80. The molecule has 0 unspecified atom stereocenters. The van der Waals surface area contributed by atoms with E-state index in [9.17, 15) is 0 Å². The van der Waals surface area contributed by atoms with Gasteiger partial charge in [-0.05, 0) is 68.8 Å². The molecule has 24 heavy (non-hydrogen) atoms. The van der Waals surface area contributed by atoms with Crippen LogP contribution in [0.25, 0.3) is 0 Å². The molecule has 1 atom stereocenters. The maximum atomic E-state index is 6.28. The minimum Gasteiger partial charge on any atom is -0.489 e. The summed E-state index contributed by atoms with van der Waals surface area (Å²) in [5.41, 5.74) is 1.49. The van der Waals surface area contributed by atoms with Gasteiger partial charge in [-0.15, -0.1) is 0 Å². The van der Waals surface area contributed by atoms with E-state index < -0.39 is 0 Å². The van der Waals surface area contributed by atoms with Crippen molar-refractivity contribution in [2.75, 3.05) is 26.2 Å². The molecule has 1 aromatic carbocycles. The van der Waals surface area contributed by atoms with Gasteiger partial charge in [-0.2, -0.15) is 0 Å². The molecular formula is C21H32N2O. The van der Waals surface area contributed by atoms with Crippen LogP contribution in [0.2, 0.25) is 0 Å². The van der Waals surface area contributed by atoms with E-state index in [2.05, 4.69) is 34.5 Å². The molecule has 3 nitrogen and oxygen atoms in total. The van der Waals surface area contributed by atoms with Gasteiger partial charge >= 0.3 is 0 Å². The van der Waals surface area contributed by atoms with Crippen LogP contribution in [0.3, 0.4) is 0 Å². The predicted octanol–water partition coefficient (Wildman–Crippen LogP) is 3.94. The van der Waals surface area contributed by atoms with Crippen LogP contribution in [0.4, 0.5) is 0 Å². The van der Waals surface area contributed by atoms with Crippen LogP contribution in [0, 0.1) is 0 Å². The van der Waals surface area contributed by atoms with Gasteiger partial charge in [0.05, 0.1) is 0 Å². The molecule has 4 rings (SSSR count). The first-order valence-electron chi connectivity index (χ1n) is 10.1. The van der Waals surface area contributed by atoms with Gasteiger partial charge in [0.25, 0.3) is 0 Å². The van der Waals surface area contributed by atoms with Crippen LogP contribution < -0.4 is 10.1 Å². The number of likely N-dealkylation sites (tertiary alicyclic amines) is 1. The van der Waals surface area contributed by atoms with E-state index in [1.807, 2.05) is 0 Å². The highest BCUT2D eigenvalue weighted by atomic mass is 16.5. The Morgan fingerprint density at radius 1 is 0.875 bits per heavy atom.